The molecule has 0 N–H and O–H groups in total. The number of unbranched alkanes of at least 4 members (excludes halogenated alkanes) is 1. The van der Waals surface area contributed by atoms with Crippen LogP contribution in [0.2, 0.25) is 0 Å². The van der Waals surface area contributed by atoms with Gasteiger partial charge in [0.15, 0.2) is 17.3 Å². The number of hydrogen-bond donors (Lipinski definition) is 0. The van der Waals surface area contributed by atoms with Crippen molar-refractivity contribution < 1.29 is 28.5 Å². The maximum absolute atomic E-state index is 11.7. The fourth-order valence-electron chi connectivity index (χ4n) is 2.10. The molecular weight excluding hydrogens is 300 g/mol. The van der Waals surface area contributed by atoms with Gasteiger partial charge in [0.25, 0.3) is 0 Å². The summed E-state index contributed by atoms with van der Waals surface area (Å²) in [5.41, 5.74) is 0.483. The van der Waals surface area contributed by atoms with Crippen molar-refractivity contribution in [3.8, 4) is 17.2 Å². The van der Waals surface area contributed by atoms with Crippen LogP contribution in [0.5, 0.6) is 17.2 Å². The number of ketones is 1. The zero-order valence-corrected chi connectivity index (χ0v) is 13.8. The normalized spacial score (nSPS) is 12.4. The van der Waals surface area contributed by atoms with Crippen LogP contribution in [-0.4, -0.2) is 45.6 Å². The van der Waals surface area contributed by atoms with E-state index in [1.165, 1.54) is 6.92 Å². The van der Waals surface area contributed by atoms with Crippen molar-refractivity contribution in [2.75, 3.05) is 39.8 Å². The predicted molar refractivity (Wildman–Crippen MR) is 84.6 cm³/mol. The molecule has 0 bridgehead atoms. The van der Waals surface area contributed by atoms with Gasteiger partial charge in [0.1, 0.15) is 12.4 Å². The average molecular weight is 324 g/mol. The molecule has 1 aliphatic heterocycles. The maximum atomic E-state index is 11.7. The van der Waals surface area contributed by atoms with Gasteiger partial charge in [0, 0.05) is 12.7 Å². The Morgan fingerprint density at radius 2 is 1.70 bits per heavy atom. The number of fused-ring (bicyclic) bond motifs is 1. The summed E-state index contributed by atoms with van der Waals surface area (Å²) in [6, 6.07) is 3.34. The van der Waals surface area contributed by atoms with Crippen molar-refractivity contribution in [3.05, 3.63) is 17.7 Å². The Morgan fingerprint density at radius 1 is 1.04 bits per heavy atom. The third-order valence-corrected chi connectivity index (χ3v) is 3.35. The van der Waals surface area contributed by atoms with Gasteiger partial charge in [0.05, 0.1) is 25.4 Å². The number of hydrogen-bond acceptors (Lipinski definition) is 6. The van der Waals surface area contributed by atoms with Crippen molar-refractivity contribution in [3.63, 3.8) is 0 Å². The zero-order chi connectivity index (χ0) is 16.5. The summed E-state index contributed by atoms with van der Waals surface area (Å²) in [5, 5.41) is 0. The fourth-order valence-corrected chi connectivity index (χ4v) is 2.10. The highest BCUT2D eigenvalue weighted by atomic mass is 16.7. The number of benzene rings is 1. The molecule has 1 aromatic rings. The molecule has 6 heteroatoms. The second-order valence-corrected chi connectivity index (χ2v) is 5.18. The molecule has 128 valence electrons. The second kappa shape index (κ2) is 9.37. The smallest absolute Gasteiger partial charge is 0.231 e. The van der Waals surface area contributed by atoms with E-state index in [4.69, 9.17) is 23.7 Å². The van der Waals surface area contributed by atoms with E-state index in [0.717, 1.165) is 19.4 Å². The summed E-state index contributed by atoms with van der Waals surface area (Å²) in [4.78, 5) is 11.7. The molecule has 0 aromatic heterocycles. The fraction of sp³-hybridized carbons (Fsp3) is 0.588. The van der Waals surface area contributed by atoms with E-state index in [-0.39, 0.29) is 12.6 Å². The van der Waals surface area contributed by atoms with E-state index in [2.05, 4.69) is 6.92 Å². The molecule has 0 saturated carbocycles. The lowest BCUT2D eigenvalue weighted by Gasteiger charge is -2.11. The Kier molecular flexibility index (Phi) is 7.16. The molecule has 0 aliphatic carbocycles. The Morgan fingerprint density at radius 3 is 2.39 bits per heavy atom. The van der Waals surface area contributed by atoms with Crippen molar-refractivity contribution in [1.82, 2.24) is 0 Å². The number of carbonyl (C=O) groups is 1. The average Bonchev–Trinajstić information content (AvgIpc) is 2.99. The lowest BCUT2D eigenvalue weighted by Crippen LogP contribution is -2.12. The van der Waals surface area contributed by atoms with Gasteiger partial charge in [-0.25, -0.2) is 0 Å². The molecule has 0 saturated heterocycles. The molecule has 1 aliphatic rings. The monoisotopic (exact) mass is 324 g/mol. The molecule has 23 heavy (non-hydrogen) atoms. The SMILES string of the molecule is CCCCOCCOCCOc1cc2c(cc1C(C)=O)OCO2. The van der Waals surface area contributed by atoms with Crippen LogP contribution in [0.3, 0.4) is 0 Å². The minimum atomic E-state index is -0.0801. The van der Waals surface area contributed by atoms with E-state index >= 15 is 0 Å². The van der Waals surface area contributed by atoms with Gasteiger partial charge in [-0.15, -0.1) is 0 Å². The first-order valence-corrected chi connectivity index (χ1v) is 7.95. The molecule has 2 rings (SSSR count). The van der Waals surface area contributed by atoms with E-state index < -0.39 is 0 Å². The van der Waals surface area contributed by atoms with Crippen LogP contribution in [0.1, 0.15) is 37.0 Å². The summed E-state index contributed by atoms with van der Waals surface area (Å²) in [5.74, 6) is 1.58. The Hall–Kier alpha value is -1.79. The van der Waals surface area contributed by atoms with Gasteiger partial charge < -0.3 is 23.7 Å². The van der Waals surface area contributed by atoms with E-state index in [1.54, 1.807) is 12.1 Å². The Labute approximate surface area is 136 Å². The second-order valence-electron chi connectivity index (χ2n) is 5.18. The van der Waals surface area contributed by atoms with Gasteiger partial charge in [-0.3, -0.25) is 4.79 Å². The number of carbonyl (C=O) groups excluding carboxylic acids is 1. The third-order valence-electron chi connectivity index (χ3n) is 3.35. The third kappa shape index (κ3) is 5.41. The van der Waals surface area contributed by atoms with Crippen molar-refractivity contribution in [2.24, 2.45) is 0 Å². The molecular formula is C17H24O6. The summed E-state index contributed by atoms with van der Waals surface area (Å²) in [6.07, 6.45) is 2.20. The zero-order valence-electron chi connectivity index (χ0n) is 13.8. The quantitative estimate of drug-likeness (QED) is 0.461. The van der Waals surface area contributed by atoms with Crippen LogP contribution in [0.15, 0.2) is 12.1 Å². The van der Waals surface area contributed by atoms with Crippen LogP contribution in [0, 0.1) is 0 Å². The first kappa shape index (κ1) is 17.6. The topological polar surface area (TPSA) is 63.2 Å². The van der Waals surface area contributed by atoms with E-state index in [0.29, 0.717) is 49.2 Å². The van der Waals surface area contributed by atoms with Gasteiger partial charge in [-0.1, -0.05) is 13.3 Å². The van der Waals surface area contributed by atoms with Gasteiger partial charge in [0.2, 0.25) is 6.79 Å². The molecule has 0 atom stereocenters. The maximum Gasteiger partial charge on any atom is 0.231 e. The molecule has 6 nitrogen and oxygen atoms in total. The number of Topliss-reactive ketones (excluding diaryl/α,β-unsaturated/α-hetero) is 1. The predicted octanol–water partition coefficient (Wildman–Crippen LogP) is 2.83. The highest BCUT2D eigenvalue weighted by molar-refractivity contribution is 5.97. The minimum Gasteiger partial charge on any atom is -0.490 e. The molecule has 0 amide bonds. The molecule has 0 fully saturated rings. The summed E-state index contributed by atoms with van der Waals surface area (Å²) < 4.78 is 27.1. The molecule has 0 spiro atoms. The highest BCUT2D eigenvalue weighted by Gasteiger charge is 2.20. The summed E-state index contributed by atoms with van der Waals surface area (Å²) >= 11 is 0. The van der Waals surface area contributed by atoms with E-state index in [1.807, 2.05) is 0 Å². The van der Waals surface area contributed by atoms with Crippen LogP contribution in [0.25, 0.3) is 0 Å². The van der Waals surface area contributed by atoms with Gasteiger partial charge in [-0.05, 0) is 19.4 Å². The molecule has 1 aromatic carbocycles. The van der Waals surface area contributed by atoms with Crippen LogP contribution in [0.4, 0.5) is 0 Å². The first-order chi connectivity index (χ1) is 11.2. The van der Waals surface area contributed by atoms with Crippen molar-refractivity contribution >= 4 is 5.78 Å². The number of ether oxygens (including phenoxy) is 5. The van der Waals surface area contributed by atoms with Crippen molar-refractivity contribution in [2.45, 2.75) is 26.7 Å². The standard InChI is InChI=1S/C17H24O6/c1-3-4-5-19-6-7-20-8-9-21-15-11-17-16(22-12-23-17)10-14(15)13(2)18/h10-11H,3-9,12H2,1-2H3. The molecule has 1 heterocycles. The van der Waals surface area contributed by atoms with Gasteiger partial charge >= 0.3 is 0 Å². The van der Waals surface area contributed by atoms with E-state index in [9.17, 15) is 4.79 Å². The van der Waals surface area contributed by atoms with Gasteiger partial charge in [-0.2, -0.15) is 0 Å². The highest BCUT2D eigenvalue weighted by Crippen LogP contribution is 2.38. The van der Waals surface area contributed by atoms with Crippen LogP contribution in [-0.2, 0) is 9.47 Å². The van der Waals surface area contributed by atoms with Crippen LogP contribution < -0.4 is 14.2 Å². The largest absolute Gasteiger partial charge is 0.490 e. The number of rotatable bonds is 11. The Balaban J connectivity index is 1.72. The van der Waals surface area contributed by atoms with Crippen molar-refractivity contribution in [1.29, 1.82) is 0 Å². The lowest BCUT2D eigenvalue weighted by atomic mass is 10.1. The molecule has 0 unspecified atom stereocenters. The lowest BCUT2D eigenvalue weighted by molar-refractivity contribution is 0.0354. The van der Waals surface area contributed by atoms with Crippen LogP contribution >= 0.6 is 0 Å². The summed E-state index contributed by atoms with van der Waals surface area (Å²) in [7, 11) is 0. The minimum absolute atomic E-state index is 0.0801. The first-order valence-electron chi connectivity index (χ1n) is 7.95. The summed E-state index contributed by atoms with van der Waals surface area (Å²) in [6.45, 7) is 6.47. The Bertz CT molecular complexity index is 514. The molecule has 0 radical (unpaired) electrons.